The number of benzene rings is 1. The molecule has 4 nitrogen and oxygen atoms in total. The Bertz CT molecular complexity index is 453. The highest BCUT2D eigenvalue weighted by Gasteiger charge is 2.02. The van der Waals surface area contributed by atoms with Crippen LogP contribution in [0.25, 0.3) is 5.69 Å². The van der Waals surface area contributed by atoms with Gasteiger partial charge in [-0.25, -0.2) is 9.67 Å². The van der Waals surface area contributed by atoms with Gasteiger partial charge in [-0.1, -0.05) is 6.07 Å². The first-order valence-electron chi connectivity index (χ1n) is 4.88. The number of nitrogens with zero attached hydrogens (tertiary/aromatic N) is 3. The smallest absolute Gasteiger partial charge is 0.164 e. The normalized spacial score (nSPS) is 10.6. The van der Waals surface area contributed by atoms with Crippen LogP contribution >= 0.6 is 0 Å². The predicted molar refractivity (Wildman–Crippen MR) is 58.7 cm³/mol. The van der Waals surface area contributed by atoms with E-state index in [1.165, 1.54) is 11.1 Å². The lowest BCUT2D eigenvalue weighted by molar-refractivity contribution is 0.829. The monoisotopic (exact) mass is 202 g/mol. The van der Waals surface area contributed by atoms with Crippen molar-refractivity contribution in [2.24, 2.45) is 5.73 Å². The maximum Gasteiger partial charge on any atom is 0.164 e. The highest BCUT2D eigenvalue weighted by Crippen LogP contribution is 2.12. The number of nitrogens with two attached hydrogens (primary N) is 1. The lowest BCUT2D eigenvalue weighted by Crippen LogP contribution is -2.01. The van der Waals surface area contributed by atoms with Crippen LogP contribution < -0.4 is 5.73 Å². The largest absolute Gasteiger partial charge is 0.324 e. The molecule has 2 rings (SSSR count). The quantitative estimate of drug-likeness (QED) is 0.799. The number of hydrogen-bond acceptors (Lipinski definition) is 3. The second-order valence-electron chi connectivity index (χ2n) is 3.66. The van der Waals surface area contributed by atoms with E-state index in [9.17, 15) is 0 Å². The molecule has 1 aromatic carbocycles. The van der Waals surface area contributed by atoms with E-state index in [-0.39, 0.29) is 0 Å². The lowest BCUT2D eigenvalue weighted by Gasteiger charge is -2.03. The van der Waals surface area contributed by atoms with Gasteiger partial charge < -0.3 is 5.73 Å². The first-order valence-corrected chi connectivity index (χ1v) is 4.88. The Labute approximate surface area is 88.8 Å². The van der Waals surface area contributed by atoms with E-state index in [0.717, 1.165) is 5.69 Å². The van der Waals surface area contributed by atoms with Gasteiger partial charge in [0.2, 0.25) is 0 Å². The van der Waals surface area contributed by atoms with Crippen molar-refractivity contribution in [1.29, 1.82) is 0 Å². The Balaban J connectivity index is 2.44. The summed E-state index contributed by atoms with van der Waals surface area (Å²) in [6.45, 7) is 4.51. The molecule has 0 atom stereocenters. The van der Waals surface area contributed by atoms with E-state index in [1.807, 2.05) is 0 Å². The molecule has 0 aliphatic heterocycles. The molecule has 0 saturated heterocycles. The van der Waals surface area contributed by atoms with E-state index in [1.54, 1.807) is 11.0 Å². The summed E-state index contributed by atoms with van der Waals surface area (Å²) in [6, 6.07) is 6.27. The molecule has 0 spiro atoms. The molecule has 78 valence electrons. The SMILES string of the molecule is Cc1cc(C)cc(-n2cnc(CN)n2)c1. The Hall–Kier alpha value is -1.68. The number of aryl methyl sites for hydroxylation is 2. The van der Waals surface area contributed by atoms with Crippen molar-refractivity contribution in [2.45, 2.75) is 20.4 Å². The van der Waals surface area contributed by atoms with Gasteiger partial charge in [0.1, 0.15) is 6.33 Å². The minimum atomic E-state index is 0.373. The van der Waals surface area contributed by atoms with E-state index in [4.69, 9.17) is 5.73 Å². The van der Waals surface area contributed by atoms with Crippen molar-refractivity contribution in [3.05, 3.63) is 41.5 Å². The van der Waals surface area contributed by atoms with E-state index in [2.05, 4.69) is 42.1 Å². The maximum absolute atomic E-state index is 5.46. The van der Waals surface area contributed by atoms with Crippen LogP contribution in [0, 0.1) is 13.8 Å². The summed E-state index contributed by atoms with van der Waals surface area (Å²) in [6.07, 6.45) is 1.69. The van der Waals surface area contributed by atoms with Crippen LogP contribution in [-0.4, -0.2) is 14.8 Å². The summed E-state index contributed by atoms with van der Waals surface area (Å²) in [5, 5.41) is 4.26. The van der Waals surface area contributed by atoms with Crippen LogP contribution in [0.3, 0.4) is 0 Å². The molecule has 0 aliphatic rings. The van der Waals surface area contributed by atoms with E-state index < -0.39 is 0 Å². The molecule has 0 bridgehead atoms. The van der Waals surface area contributed by atoms with Crippen LogP contribution in [0.1, 0.15) is 17.0 Å². The van der Waals surface area contributed by atoms with Gasteiger partial charge in [-0.15, -0.1) is 5.10 Å². The van der Waals surface area contributed by atoms with Gasteiger partial charge in [-0.2, -0.15) is 0 Å². The number of rotatable bonds is 2. The second-order valence-corrected chi connectivity index (χ2v) is 3.66. The first-order chi connectivity index (χ1) is 7.19. The molecule has 0 aliphatic carbocycles. The third kappa shape index (κ3) is 2.05. The van der Waals surface area contributed by atoms with Crippen molar-refractivity contribution in [3.8, 4) is 5.69 Å². The first kappa shape index (κ1) is 9.86. The van der Waals surface area contributed by atoms with Crippen molar-refractivity contribution >= 4 is 0 Å². The summed E-state index contributed by atoms with van der Waals surface area (Å²) < 4.78 is 1.75. The lowest BCUT2D eigenvalue weighted by atomic mass is 10.1. The summed E-state index contributed by atoms with van der Waals surface area (Å²) in [7, 11) is 0. The summed E-state index contributed by atoms with van der Waals surface area (Å²) >= 11 is 0. The zero-order valence-corrected chi connectivity index (χ0v) is 8.94. The molecule has 2 N–H and O–H groups in total. The third-order valence-electron chi connectivity index (χ3n) is 2.19. The third-order valence-corrected chi connectivity index (χ3v) is 2.19. The van der Waals surface area contributed by atoms with Gasteiger partial charge in [0.05, 0.1) is 12.2 Å². The average Bonchev–Trinajstić information content (AvgIpc) is 2.64. The predicted octanol–water partition coefficient (Wildman–Crippen LogP) is 1.34. The molecule has 1 aromatic heterocycles. The van der Waals surface area contributed by atoms with Gasteiger partial charge in [0.25, 0.3) is 0 Å². The van der Waals surface area contributed by atoms with Gasteiger partial charge >= 0.3 is 0 Å². The topological polar surface area (TPSA) is 56.7 Å². The zero-order chi connectivity index (χ0) is 10.8. The van der Waals surface area contributed by atoms with Crippen molar-refractivity contribution in [3.63, 3.8) is 0 Å². The molecule has 0 saturated carbocycles. The molecule has 0 radical (unpaired) electrons. The Morgan fingerprint density at radius 2 is 1.87 bits per heavy atom. The van der Waals surface area contributed by atoms with Crippen LogP contribution in [0.15, 0.2) is 24.5 Å². The fourth-order valence-electron chi connectivity index (χ4n) is 1.60. The number of hydrogen-bond donors (Lipinski definition) is 1. The molecule has 2 aromatic rings. The van der Waals surface area contributed by atoms with Crippen molar-refractivity contribution in [1.82, 2.24) is 14.8 Å². The van der Waals surface area contributed by atoms with Crippen molar-refractivity contribution < 1.29 is 0 Å². The highest BCUT2D eigenvalue weighted by atomic mass is 15.3. The van der Waals surface area contributed by atoms with Gasteiger partial charge in [-0.3, -0.25) is 0 Å². The molecular weight excluding hydrogens is 188 g/mol. The van der Waals surface area contributed by atoms with Crippen molar-refractivity contribution in [2.75, 3.05) is 0 Å². The van der Waals surface area contributed by atoms with E-state index >= 15 is 0 Å². The van der Waals surface area contributed by atoms with Crippen LogP contribution in [0.5, 0.6) is 0 Å². The van der Waals surface area contributed by atoms with Gasteiger partial charge in [0.15, 0.2) is 5.82 Å². The maximum atomic E-state index is 5.46. The average molecular weight is 202 g/mol. The molecule has 15 heavy (non-hydrogen) atoms. The van der Waals surface area contributed by atoms with Crippen LogP contribution in [0.2, 0.25) is 0 Å². The fraction of sp³-hybridized carbons (Fsp3) is 0.273. The van der Waals surface area contributed by atoms with Crippen LogP contribution in [0.4, 0.5) is 0 Å². The second kappa shape index (κ2) is 3.82. The zero-order valence-electron chi connectivity index (χ0n) is 8.94. The summed E-state index contributed by atoms with van der Waals surface area (Å²) in [4.78, 5) is 4.10. The minimum absolute atomic E-state index is 0.373. The van der Waals surface area contributed by atoms with Gasteiger partial charge in [-0.05, 0) is 37.1 Å². The Morgan fingerprint density at radius 1 is 1.20 bits per heavy atom. The summed E-state index contributed by atoms with van der Waals surface area (Å²) in [5.74, 6) is 0.661. The molecule has 4 heteroatoms. The van der Waals surface area contributed by atoms with E-state index in [0.29, 0.717) is 12.4 Å². The fourth-order valence-corrected chi connectivity index (χ4v) is 1.60. The van der Waals surface area contributed by atoms with Crippen LogP contribution in [-0.2, 0) is 6.54 Å². The Kier molecular flexibility index (Phi) is 2.51. The Morgan fingerprint density at radius 3 is 2.40 bits per heavy atom. The molecule has 0 fully saturated rings. The molecular formula is C11H14N4. The standard InChI is InChI=1S/C11H14N4/c1-8-3-9(2)5-10(4-8)15-7-13-11(6-12)14-15/h3-5,7H,6,12H2,1-2H3. The molecule has 1 heterocycles. The number of aromatic nitrogens is 3. The minimum Gasteiger partial charge on any atom is -0.324 e. The van der Waals surface area contributed by atoms with Gasteiger partial charge in [0, 0.05) is 0 Å². The highest BCUT2D eigenvalue weighted by molar-refractivity contribution is 5.38. The molecule has 0 amide bonds. The summed E-state index contributed by atoms with van der Waals surface area (Å²) in [5.41, 5.74) is 8.93. The molecule has 0 unspecified atom stereocenters.